The van der Waals surface area contributed by atoms with Crippen molar-refractivity contribution in [3.05, 3.63) is 33.3 Å². The lowest BCUT2D eigenvalue weighted by Crippen LogP contribution is -2.10. The Morgan fingerprint density at radius 1 is 1.50 bits per heavy atom. The molecule has 0 radical (unpaired) electrons. The Balaban J connectivity index is 2.74. The maximum atomic E-state index is 6.06. The number of unbranched alkanes of at least 4 members (excludes halogenated alkanes) is 1. The van der Waals surface area contributed by atoms with Gasteiger partial charge in [-0.15, -0.1) is 0 Å². The largest absolute Gasteiger partial charge is 0.324 e. The normalized spacial score (nSPS) is 12.9. The predicted molar refractivity (Wildman–Crippen MR) is 65.6 cm³/mol. The van der Waals surface area contributed by atoms with Gasteiger partial charge < -0.3 is 5.73 Å². The van der Waals surface area contributed by atoms with E-state index in [4.69, 9.17) is 17.3 Å². The minimum absolute atomic E-state index is 0.113. The fourth-order valence-electron chi connectivity index (χ4n) is 1.38. The van der Waals surface area contributed by atoms with Crippen LogP contribution in [0.15, 0.2) is 22.7 Å². The average Bonchev–Trinajstić information content (AvgIpc) is 2.14. The fraction of sp³-hybridized carbons (Fsp3) is 0.455. The highest BCUT2D eigenvalue weighted by Crippen LogP contribution is 2.27. The number of hydrogen-bond donors (Lipinski definition) is 1. The second-order valence-corrected chi connectivity index (χ2v) is 4.71. The molecule has 0 heterocycles. The van der Waals surface area contributed by atoms with Crippen LogP contribution in [0.2, 0.25) is 5.02 Å². The molecule has 1 aromatic carbocycles. The zero-order valence-corrected chi connectivity index (χ0v) is 10.6. The summed E-state index contributed by atoms with van der Waals surface area (Å²) in [5.74, 6) is 0. The minimum Gasteiger partial charge on any atom is -0.324 e. The number of rotatable bonds is 4. The van der Waals surface area contributed by atoms with E-state index in [1.807, 2.05) is 18.2 Å². The molecular formula is C11H15BrClN. The van der Waals surface area contributed by atoms with Crippen LogP contribution in [0.3, 0.4) is 0 Å². The summed E-state index contributed by atoms with van der Waals surface area (Å²) in [5.41, 5.74) is 7.20. The molecule has 78 valence electrons. The molecule has 0 aromatic heterocycles. The van der Waals surface area contributed by atoms with Gasteiger partial charge >= 0.3 is 0 Å². The molecule has 3 heteroatoms. The summed E-state index contributed by atoms with van der Waals surface area (Å²) in [5, 5.41) is 0.739. The Morgan fingerprint density at radius 3 is 2.79 bits per heavy atom. The maximum Gasteiger partial charge on any atom is 0.0417 e. The molecule has 0 unspecified atom stereocenters. The minimum atomic E-state index is 0.113. The number of halogens is 2. The molecule has 0 fully saturated rings. The molecule has 0 aliphatic rings. The van der Waals surface area contributed by atoms with E-state index >= 15 is 0 Å². The standard InChI is InChI=1S/C11H15BrClN/c1-2-3-4-11(14)9-6-5-8(13)7-10(9)12/h5-7,11H,2-4,14H2,1H3/t11-/m0/s1. The molecular weight excluding hydrogens is 261 g/mol. The molecule has 0 aliphatic heterocycles. The van der Waals surface area contributed by atoms with Gasteiger partial charge in [0, 0.05) is 15.5 Å². The van der Waals surface area contributed by atoms with Crippen LogP contribution in [-0.4, -0.2) is 0 Å². The summed E-state index contributed by atoms with van der Waals surface area (Å²) < 4.78 is 1.01. The van der Waals surface area contributed by atoms with Crippen LogP contribution in [0.25, 0.3) is 0 Å². The van der Waals surface area contributed by atoms with Crippen LogP contribution in [-0.2, 0) is 0 Å². The van der Waals surface area contributed by atoms with Gasteiger partial charge in [0.05, 0.1) is 0 Å². The van der Waals surface area contributed by atoms with Crippen LogP contribution in [0, 0.1) is 0 Å². The van der Waals surface area contributed by atoms with Gasteiger partial charge in [0.15, 0.2) is 0 Å². The molecule has 0 saturated heterocycles. The summed E-state index contributed by atoms with van der Waals surface area (Å²) in [7, 11) is 0. The van der Waals surface area contributed by atoms with E-state index in [1.54, 1.807) is 0 Å². The van der Waals surface area contributed by atoms with Crippen LogP contribution >= 0.6 is 27.5 Å². The second kappa shape index (κ2) is 5.74. The fourth-order valence-corrected chi connectivity index (χ4v) is 2.36. The molecule has 1 nitrogen and oxygen atoms in total. The van der Waals surface area contributed by atoms with E-state index in [1.165, 1.54) is 6.42 Å². The van der Waals surface area contributed by atoms with Crippen molar-refractivity contribution in [1.29, 1.82) is 0 Å². The summed E-state index contributed by atoms with van der Waals surface area (Å²) in [6, 6.07) is 5.88. The first kappa shape index (κ1) is 12.0. The van der Waals surface area contributed by atoms with Crippen molar-refractivity contribution in [1.82, 2.24) is 0 Å². The SMILES string of the molecule is CCCC[C@H](N)c1ccc(Cl)cc1Br. The summed E-state index contributed by atoms with van der Waals surface area (Å²) in [6.45, 7) is 2.17. The van der Waals surface area contributed by atoms with E-state index in [9.17, 15) is 0 Å². The van der Waals surface area contributed by atoms with Gasteiger partial charge in [-0.05, 0) is 24.1 Å². The molecule has 14 heavy (non-hydrogen) atoms. The molecule has 1 aromatic rings. The summed E-state index contributed by atoms with van der Waals surface area (Å²) in [6.07, 6.45) is 3.37. The van der Waals surface area contributed by atoms with Crippen molar-refractivity contribution in [2.75, 3.05) is 0 Å². The average molecular weight is 277 g/mol. The maximum absolute atomic E-state index is 6.06. The Morgan fingerprint density at radius 2 is 2.21 bits per heavy atom. The molecule has 0 aliphatic carbocycles. The van der Waals surface area contributed by atoms with E-state index in [2.05, 4.69) is 22.9 Å². The first-order valence-electron chi connectivity index (χ1n) is 4.85. The van der Waals surface area contributed by atoms with Gasteiger partial charge in [-0.3, -0.25) is 0 Å². The van der Waals surface area contributed by atoms with Crippen molar-refractivity contribution in [3.8, 4) is 0 Å². The van der Waals surface area contributed by atoms with Gasteiger partial charge in [-0.1, -0.05) is 53.4 Å². The predicted octanol–water partition coefficient (Wildman–Crippen LogP) is 4.29. The van der Waals surface area contributed by atoms with Crippen LogP contribution in [0.5, 0.6) is 0 Å². The van der Waals surface area contributed by atoms with E-state index in [0.29, 0.717) is 0 Å². The lowest BCUT2D eigenvalue weighted by molar-refractivity contribution is 0.602. The lowest BCUT2D eigenvalue weighted by atomic mass is 10.0. The van der Waals surface area contributed by atoms with Crippen molar-refractivity contribution in [3.63, 3.8) is 0 Å². The third kappa shape index (κ3) is 3.26. The Kier molecular flexibility index (Phi) is 4.93. The van der Waals surface area contributed by atoms with Gasteiger partial charge in [0.2, 0.25) is 0 Å². The number of benzene rings is 1. The monoisotopic (exact) mass is 275 g/mol. The Hall–Kier alpha value is -0.0500. The van der Waals surface area contributed by atoms with Crippen molar-refractivity contribution in [2.24, 2.45) is 5.73 Å². The Bertz CT molecular complexity index is 301. The number of hydrogen-bond acceptors (Lipinski definition) is 1. The molecule has 0 spiro atoms. The van der Waals surface area contributed by atoms with Gasteiger partial charge in [-0.2, -0.15) is 0 Å². The van der Waals surface area contributed by atoms with E-state index < -0.39 is 0 Å². The second-order valence-electron chi connectivity index (χ2n) is 3.41. The number of nitrogens with two attached hydrogens (primary N) is 1. The van der Waals surface area contributed by atoms with Crippen molar-refractivity contribution in [2.45, 2.75) is 32.2 Å². The molecule has 1 atom stereocenters. The zero-order valence-electron chi connectivity index (χ0n) is 8.26. The quantitative estimate of drug-likeness (QED) is 0.872. The molecule has 1 rings (SSSR count). The molecule has 0 amide bonds. The molecule has 2 N–H and O–H groups in total. The van der Waals surface area contributed by atoms with Crippen LogP contribution < -0.4 is 5.73 Å². The van der Waals surface area contributed by atoms with E-state index in [-0.39, 0.29) is 6.04 Å². The lowest BCUT2D eigenvalue weighted by Gasteiger charge is -2.13. The van der Waals surface area contributed by atoms with Crippen LogP contribution in [0.1, 0.15) is 37.8 Å². The van der Waals surface area contributed by atoms with Gasteiger partial charge in [-0.25, -0.2) is 0 Å². The highest BCUT2D eigenvalue weighted by Gasteiger charge is 2.09. The topological polar surface area (TPSA) is 26.0 Å². The molecule has 0 bridgehead atoms. The first-order valence-corrected chi connectivity index (χ1v) is 6.02. The van der Waals surface area contributed by atoms with Gasteiger partial charge in [0.1, 0.15) is 0 Å². The van der Waals surface area contributed by atoms with Crippen molar-refractivity contribution < 1.29 is 0 Å². The third-order valence-corrected chi connectivity index (χ3v) is 3.15. The summed E-state index contributed by atoms with van der Waals surface area (Å²) >= 11 is 9.33. The smallest absolute Gasteiger partial charge is 0.0417 e. The Labute approximate surface area is 98.8 Å². The first-order chi connectivity index (χ1) is 6.65. The van der Waals surface area contributed by atoms with Crippen molar-refractivity contribution >= 4 is 27.5 Å². The highest BCUT2D eigenvalue weighted by molar-refractivity contribution is 9.10. The zero-order chi connectivity index (χ0) is 10.6. The molecule has 0 saturated carbocycles. The van der Waals surface area contributed by atoms with E-state index in [0.717, 1.165) is 27.9 Å². The summed E-state index contributed by atoms with van der Waals surface area (Å²) in [4.78, 5) is 0. The highest BCUT2D eigenvalue weighted by atomic mass is 79.9. The van der Waals surface area contributed by atoms with Crippen LogP contribution in [0.4, 0.5) is 0 Å². The third-order valence-electron chi connectivity index (χ3n) is 2.23. The van der Waals surface area contributed by atoms with Gasteiger partial charge in [0.25, 0.3) is 0 Å².